The van der Waals surface area contributed by atoms with E-state index >= 15 is 0 Å². The van der Waals surface area contributed by atoms with E-state index in [1.54, 1.807) is 20.8 Å². The summed E-state index contributed by atoms with van der Waals surface area (Å²) in [6.07, 6.45) is -5.10. The lowest BCUT2D eigenvalue weighted by atomic mass is 9.98. The molecular formula is C13H16F3N3O4. The number of carboxylic acids is 1. The van der Waals surface area contributed by atoms with Gasteiger partial charge >= 0.3 is 18.2 Å². The molecule has 1 rings (SSSR count). The summed E-state index contributed by atoms with van der Waals surface area (Å²) in [5, 5.41) is 10.7. The largest absolute Gasteiger partial charge is 0.481 e. The number of carboxylic acid groups (broad SMARTS) is 1. The summed E-state index contributed by atoms with van der Waals surface area (Å²) in [5.41, 5.74) is -1.16. The summed E-state index contributed by atoms with van der Waals surface area (Å²) in [6.45, 7) is 4.91. The molecule has 7 nitrogen and oxygen atoms in total. The Morgan fingerprint density at radius 2 is 1.78 bits per heavy atom. The molecular weight excluding hydrogens is 319 g/mol. The highest BCUT2D eigenvalue weighted by Gasteiger charge is 2.42. The van der Waals surface area contributed by atoms with Crippen LogP contribution in [0.4, 0.5) is 23.9 Å². The van der Waals surface area contributed by atoms with Gasteiger partial charge in [0.1, 0.15) is 5.60 Å². The van der Waals surface area contributed by atoms with E-state index in [0.717, 1.165) is 12.4 Å². The topological polar surface area (TPSA) is 101 Å². The Kier molecular flexibility index (Phi) is 5.51. The van der Waals surface area contributed by atoms with Gasteiger partial charge in [0.05, 0.1) is 12.3 Å². The Morgan fingerprint density at radius 1 is 1.26 bits per heavy atom. The molecule has 1 amide bonds. The molecule has 10 heteroatoms. The van der Waals surface area contributed by atoms with Gasteiger partial charge in [-0.3, -0.25) is 10.1 Å². The van der Waals surface area contributed by atoms with Crippen molar-refractivity contribution < 1.29 is 32.6 Å². The minimum atomic E-state index is -4.75. The van der Waals surface area contributed by atoms with E-state index in [1.165, 1.54) is 0 Å². The fourth-order valence-corrected chi connectivity index (χ4v) is 1.57. The fraction of sp³-hybridized carbons (Fsp3) is 0.538. The number of halogens is 3. The number of hydrogen-bond acceptors (Lipinski definition) is 5. The monoisotopic (exact) mass is 335 g/mol. The molecule has 0 aliphatic carbocycles. The summed E-state index contributed by atoms with van der Waals surface area (Å²) in [5.74, 6) is -4.07. The van der Waals surface area contributed by atoms with Crippen LogP contribution in [0.5, 0.6) is 0 Å². The summed E-state index contributed by atoms with van der Waals surface area (Å²) in [7, 11) is 0. The van der Waals surface area contributed by atoms with E-state index in [1.807, 2.05) is 0 Å². The van der Waals surface area contributed by atoms with Crippen LogP contribution in [0.1, 0.15) is 38.7 Å². The first-order chi connectivity index (χ1) is 10.4. The van der Waals surface area contributed by atoms with Crippen molar-refractivity contribution in [2.45, 2.75) is 44.9 Å². The molecule has 0 spiro atoms. The summed E-state index contributed by atoms with van der Waals surface area (Å²) >= 11 is 0. The number of carbonyl (C=O) groups excluding carboxylic acids is 1. The minimum Gasteiger partial charge on any atom is -0.481 e. The van der Waals surface area contributed by atoms with Crippen molar-refractivity contribution in [3.8, 4) is 0 Å². The fourth-order valence-electron chi connectivity index (χ4n) is 1.57. The standard InChI is InChI=1S/C13H16F3N3O4/c1-12(2,3)23-11(22)19-10-17-5-7(6-18-10)8(4-9(20)21)13(14,15)16/h5-6,8H,4H2,1-3H3,(H,20,21)(H,17,18,19,22). The number of amides is 1. The molecule has 1 aromatic heterocycles. The van der Waals surface area contributed by atoms with Crippen LogP contribution in [-0.4, -0.2) is 38.9 Å². The van der Waals surface area contributed by atoms with E-state index in [9.17, 15) is 22.8 Å². The molecule has 0 fully saturated rings. The maximum atomic E-state index is 12.9. The molecule has 128 valence electrons. The maximum absolute atomic E-state index is 12.9. The first kappa shape index (κ1) is 18.7. The number of hydrogen-bond donors (Lipinski definition) is 2. The third kappa shape index (κ3) is 6.49. The summed E-state index contributed by atoms with van der Waals surface area (Å²) < 4.78 is 43.5. The number of alkyl halides is 3. The second-order valence-electron chi connectivity index (χ2n) is 5.66. The van der Waals surface area contributed by atoms with Gasteiger partial charge in [0.15, 0.2) is 0 Å². The molecule has 0 aromatic carbocycles. The van der Waals surface area contributed by atoms with Crippen molar-refractivity contribution in [3.63, 3.8) is 0 Å². The number of carbonyl (C=O) groups is 2. The van der Waals surface area contributed by atoms with E-state index in [-0.39, 0.29) is 5.95 Å². The molecule has 0 aliphatic rings. The highest BCUT2D eigenvalue weighted by Crippen LogP contribution is 2.36. The van der Waals surface area contributed by atoms with Crippen LogP contribution in [0.25, 0.3) is 0 Å². The SMILES string of the molecule is CC(C)(C)OC(=O)Nc1ncc(C(CC(=O)O)C(F)(F)F)cn1. The van der Waals surface area contributed by atoms with Crippen LogP contribution in [0, 0.1) is 0 Å². The van der Waals surface area contributed by atoms with Crippen molar-refractivity contribution in [3.05, 3.63) is 18.0 Å². The van der Waals surface area contributed by atoms with E-state index in [4.69, 9.17) is 9.84 Å². The number of nitrogens with zero attached hydrogens (tertiary/aromatic N) is 2. The Balaban J connectivity index is 2.86. The van der Waals surface area contributed by atoms with Gasteiger partial charge < -0.3 is 9.84 Å². The number of anilines is 1. The Hall–Kier alpha value is -2.39. The highest BCUT2D eigenvalue weighted by atomic mass is 19.4. The zero-order chi connectivity index (χ0) is 17.8. The number of aromatic nitrogens is 2. The Labute approximate surface area is 129 Å². The van der Waals surface area contributed by atoms with Crippen molar-refractivity contribution in [2.75, 3.05) is 5.32 Å². The lowest BCUT2D eigenvalue weighted by Crippen LogP contribution is -2.28. The number of ether oxygens (including phenoxy) is 1. The molecule has 0 bridgehead atoms. The Morgan fingerprint density at radius 3 is 2.17 bits per heavy atom. The molecule has 1 heterocycles. The molecule has 0 saturated heterocycles. The van der Waals surface area contributed by atoms with Crippen LogP contribution in [0.2, 0.25) is 0 Å². The van der Waals surface area contributed by atoms with E-state index in [2.05, 4.69) is 15.3 Å². The third-order valence-electron chi connectivity index (χ3n) is 2.46. The van der Waals surface area contributed by atoms with Gasteiger partial charge in [-0.15, -0.1) is 0 Å². The number of rotatable bonds is 4. The van der Waals surface area contributed by atoms with Gasteiger partial charge in [0, 0.05) is 18.0 Å². The van der Waals surface area contributed by atoms with Gasteiger partial charge in [0.2, 0.25) is 5.95 Å². The first-order valence-corrected chi connectivity index (χ1v) is 6.49. The van der Waals surface area contributed by atoms with Crippen LogP contribution in [-0.2, 0) is 9.53 Å². The minimum absolute atomic E-state index is 0.251. The van der Waals surface area contributed by atoms with Crippen molar-refractivity contribution in [1.29, 1.82) is 0 Å². The first-order valence-electron chi connectivity index (χ1n) is 6.49. The lowest BCUT2D eigenvalue weighted by Gasteiger charge is -2.20. The summed E-state index contributed by atoms with van der Waals surface area (Å²) in [6, 6.07) is 0. The van der Waals surface area contributed by atoms with E-state index < -0.39 is 41.7 Å². The zero-order valence-electron chi connectivity index (χ0n) is 12.6. The predicted octanol–water partition coefficient (Wildman–Crippen LogP) is 2.94. The quantitative estimate of drug-likeness (QED) is 0.877. The molecule has 1 atom stereocenters. The normalized spacial score (nSPS) is 13.3. The molecule has 1 unspecified atom stereocenters. The van der Waals surface area contributed by atoms with Crippen molar-refractivity contribution >= 4 is 18.0 Å². The van der Waals surface area contributed by atoms with Gasteiger partial charge in [-0.05, 0) is 20.8 Å². The molecule has 0 saturated carbocycles. The van der Waals surface area contributed by atoms with E-state index in [0.29, 0.717) is 0 Å². The molecule has 23 heavy (non-hydrogen) atoms. The average Bonchev–Trinajstić information content (AvgIpc) is 2.33. The molecule has 0 aliphatic heterocycles. The Bertz CT molecular complexity index is 567. The van der Waals surface area contributed by atoms with Crippen LogP contribution < -0.4 is 5.32 Å². The highest BCUT2D eigenvalue weighted by molar-refractivity contribution is 5.82. The molecule has 2 N–H and O–H groups in total. The van der Waals surface area contributed by atoms with Crippen LogP contribution in [0.3, 0.4) is 0 Å². The van der Waals surface area contributed by atoms with Gasteiger partial charge in [-0.25, -0.2) is 14.8 Å². The average molecular weight is 335 g/mol. The maximum Gasteiger partial charge on any atom is 0.414 e. The molecule has 1 aromatic rings. The zero-order valence-corrected chi connectivity index (χ0v) is 12.6. The van der Waals surface area contributed by atoms with Crippen molar-refractivity contribution in [2.24, 2.45) is 0 Å². The summed E-state index contributed by atoms with van der Waals surface area (Å²) in [4.78, 5) is 29.2. The number of nitrogens with one attached hydrogen (secondary N) is 1. The van der Waals surface area contributed by atoms with Gasteiger partial charge in [-0.1, -0.05) is 0 Å². The second-order valence-corrected chi connectivity index (χ2v) is 5.66. The van der Waals surface area contributed by atoms with Crippen LogP contribution in [0.15, 0.2) is 12.4 Å². The predicted molar refractivity (Wildman–Crippen MR) is 72.9 cm³/mol. The van der Waals surface area contributed by atoms with Crippen molar-refractivity contribution in [1.82, 2.24) is 9.97 Å². The van der Waals surface area contributed by atoms with Gasteiger partial charge in [-0.2, -0.15) is 13.2 Å². The number of aliphatic carboxylic acids is 1. The second kappa shape index (κ2) is 6.80. The molecule has 0 radical (unpaired) electrons. The smallest absolute Gasteiger partial charge is 0.414 e. The van der Waals surface area contributed by atoms with Gasteiger partial charge in [0.25, 0.3) is 0 Å². The van der Waals surface area contributed by atoms with Crippen LogP contribution >= 0.6 is 0 Å². The third-order valence-corrected chi connectivity index (χ3v) is 2.46. The lowest BCUT2D eigenvalue weighted by molar-refractivity contribution is -0.163.